The molecule has 17 heavy (non-hydrogen) atoms. The van der Waals surface area contributed by atoms with Crippen LogP contribution in [0.3, 0.4) is 0 Å². The Labute approximate surface area is 104 Å². The molecule has 0 radical (unpaired) electrons. The molecule has 0 aliphatic rings. The Hall–Kier alpha value is -1.62. The van der Waals surface area contributed by atoms with Gasteiger partial charge >= 0.3 is 0 Å². The molecule has 0 amide bonds. The highest BCUT2D eigenvalue weighted by molar-refractivity contribution is 5.54. The first-order valence-electron chi connectivity index (χ1n) is 5.81. The predicted octanol–water partition coefficient (Wildman–Crippen LogP) is 3.47. The molecule has 92 valence electrons. The van der Waals surface area contributed by atoms with E-state index in [4.69, 9.17) is 4.74 Å². The normalized spacial score (nSPS) is 10.4. The zero-order valence-electron chi connectivity index (χ0n) is 11.3. The molecule has 1 aromatic carbocycles. The molecule has 0 unspecified atom stereocenters. The van der Waals surface area contributed by atoms with Crippen molar-refractivity contribution in [3.8, 4) is 17.6 Å². The van der Waals surface area contributed by atoms with Crippen LogP contribution >= 0.6 is 0 Å². The lowest BCUT2D eigenvalue weighted by molar-refractivity contribution is 0.414. The van der Waals surface area contributed by atoms with E-state index in [2.05, 4.69) is 44.9 Å². The topological polar surface area (TPSA) is 21.3 Å². The number of benzene rings is 1. The molecule has 0 heterocycles. The summed E-state index contributed by atoms with van der Waals surface area (Å²) in [6.07, 6.45) is 0. The molecule has 0 aliphatic heterocycles. The highest BCUT2D eigenvalue weighted by atomic mass is 16.5. The fourth-order valence-corrected chi connectivity index (χ4v) is 1.41. The minimum absolute atomic E-state index is 0.0661. The molecule has 0 bridgehead atoms. The van der Waals surface area contributed by atoms with Gasteiger partial charge in [0.15, 0.2) is 0 Å². The Kier molecular flexibility index (Phi) is 4.45. The number of hydrogen-bond donors (Lipinski definition) is 1. The molecular formula is C15H21NO. The van der Waals surface area contributed by atoms with Gasteiger partial charge in [-0.1, -0.05) is 11.8 Å². The predicted molar refractivity (Wildman–Crippen MR) is 73.5 cm³/mol. The van der Waals surface area contributed by atoms with Crippen molar-refractivity contribution >= 4 is 5.69 Å². The lowest BCUT2D eigenvalue weighted by Crippen LogP contribution is -2.04. The SMILES string of the molecule is COc1ccc(NCC#CC(C)(C)C)c(C)c1. The molecule has 1 N–H and O–H groups in total. The molecule has 2 heteroatoms. The van der Waals surface area contributed by atoms with Gasteiger partial charge in [0.25, 0.3) is 0 Å². The molecule has 0 spiro atoms. The third kappa shape index (κ3) is 4.82. The van der Waals surface area contributed by atoms with Crippen LogP contribution < -0.4 is 10.1 Å². The van der Waals surface area contributed by atoms with E-state index in [-0.39, 0.29) is 5.41 Å². The molecule has 0 saturated heterocycles. The maximum atomic E-state index is 5.16. The second kappa shape index (κ2) is 5.63. The Morgan fingerprint density at radius 2 is 2.00 bits per heavy atom. The fourth-order valence-electron chi connectivity index (χ4n) is 1.41. The van der Waals surface area contributed by atoms with E-state index in [1.54, 1.807) is 7.11 Å². The van der Waals surface area contributed by atoms with Crippen molar-refractivity contribution in [3.05, 3.63) is 23.8 Å². The van der Waals surface area contributed by atoms with Crippen LogP contribution in [0.4, 0.5) is 5.69 Å². The summed E-state index contributed by atoms with van der Waals surface area (Å²) in [5.74, 6) is 7.22. The quantitative estimate of drug-likeness (QED) is 0.804. The number of ether oxygens (including phenoxy) is 1. The summed E-state index contributed by atoms with van der Waals surface area (Å²) in [5.41, 5.74) is 2.34. The Bertz CT molecular complexity index is 432. The van der Waals surface area contributed by atoms with Crippen LogP contribution in [0, 0.1) is 24.2 Å². The molecule has 0 saturated carbocycles. The van der Waals surface area contributed by atoms with Gasteiger partial charge in [-0.05, 0) is 51.5 Å². The summed E-state index contributed by atoms with van der Waals surface area (Å²) < 4.78 is 5.16. The van der Waals surface area contributed by atoms with Crippen LogP contribution in [0.1, 0.15) is 26.3 Å². The van der Waals surface area contributed by atoms with E-state index in [9.17, 15) is 0 Å². The maximum absolute atomic E-state index is 5.16. The van der Waals surface area contributed by atoms with Gasteiger partial charge in [-0.15, -0.1) is 0 Å². The van der Waals surface area contributed by atoms with Gasteiger partial charge in [0.1, 0.15) is 5.75 Å². The zero-order chi connectivity index (χ0) is 12.9. The lowest BCUT2D eigenvalue weighted by Gasteiger charge is -2.09. The smallest absolute Gasteiger partial charge is 0.119 e. The number of aryl methyl sites for hydroxylation is 1. The van der Waals surface area contributed by atoms with Crippen LogP contribution in [0.25, 0.3) is 0 Å². The van der Waals surface area contributed by atoms with Crippen molar-refractivity contribution in [2.24, 2.45) is 5.41 Å². The first-order valence-corrected chi connectivity index (χ1v) is 5.81. The summed E-state index contributed by atoms with van der Waals surface area (Å²) in [4.78, 5) is 0. The van der Waals surface area contributed by atoms with E-state index < -0.39 is 0 Å². The summed E-state index contributed by atoms with van der Waals surface area (Å²) >= 11 is 0. The third-order valence-corrected chi connectivity index (χ3v) is 2.26. The molecule has 0 aromatic heterocycles. The molecule has 0 atom stereocenters. The van der Waals surface area contributed by atoms with E-state index in [0.29, 0.717) is 6.54 Å². The van der Waals surface area contributed by atoms with Crippen LogP contribution in [-0.4, -0.2) is 13.7 Å². The number of rotatable bonds is 3. The van der Waals surface area contributed by atoms with Gasteiger partial charge < -0.3 is 10.1 Å². The fraction of sp³-hybridized carbons (Fsp3) is 0.467. The van der Waals surface area contributed by atoms with Crippen LogP contribution in [0.2, 0.25) is 0 Å². The van der Waals surface area contributed by atoms with Gasteiger partial charge in [-0.25, -0.2) is 0 Å². The van der Waals surface area contributed by atoms with Crippen LogP contribution in [0.5, 0.6) is 5.75 Å². The third-order valence-electron chi connectivity index (χ3n) is 2.26. The average molecular weight is 231 g/mol. The van der Waals surface area contributed by atoms with Crippen molar-refractivity contribution in [2.45, 2.75) is 27.7 Å². The highest BCUT2D eigenvalue weighted by Gasteiger charge is 2.03. The average Bonchev–Trinajstić information content (AvgIpc) is 2.24. The van der Waals surface area contributed by atoms with Crippen molar-refractivity contribution in [1.29, 1.82) is 0 Å². The van der Waals surface area contributed by atoms with E-state index in [1.165, 1.54) is 5.56 Å². The monoisotopic (exact) mass is 231 g/mol. The molecular weight excluding hydrogens is 210 g/mol. The zero-order valence-corrected chi connectivity index (χ0v) is 11.3. The summed E-state index contributed by atoms with van der Waals surface area (Å²) in [6, 6.07) is 5.99. The Balaban J connectivity index is 2.60. The lowest BCUT2D eigenvalue weighted by atomic mass is 9.98. The molecule has 0 aliphatic carbocycles. The van der Waals surface area contributed by atoms with Crippen LogP contribution in [-0.2, 0) is 0 Å². The second-order valence-electron chi connectivity index (χ2n) is 5.09. The van der Waals surface area contributed by atoms with Gasteiger partial charge in [0.05, 0.1) is 13.7 Å². The van der Waals surface area contributed by atoms with E-state index in [0.717, 1.165) is 11.4 Å². The standard InChI is InChI=1S/C15H21NO/c1-12-11-13(17-5)7-8-14(12)16-10-6-9-15(2,3)4/h7-8,11,16H,10H2,1-5H3. The second-order valence-corrected chi connectivity index (χ2v) is 5.09. The van der Waals surface area contributed by atoms with Gasteiger partial charge in [-0.2, -0.15) is 0 Å². The van der Waals surface area contributed by atoms with Gasteiger partial charge in [0.2, 0.25) is 0 Å². The maximum Gasteiger partial charge on any atom is 0.119 e. The number of anilines is 1. The first kappa shape index (κ1) is 13.4. The number of nitrogens with one attached hydrogen (secondary N) is 1. The van der Waals surface area contributed by atoms with Crippen molar-refractivity contribution in [3.63, 3.8) is 0 Å². The minimum Gasteiger partial charge on any atom is -0.497 e. The molecule has 2 nitrogen and oxygen atoms in total. The first-order chi connectivity index (χ1) is 7.92. The van der Waals surface area contributed by atoms with Crippen molar-refractivity contribution < 1.29 is 4.74 Å². The summed E-state index contributed by atoms with van der Waals surface area (Å²) in [7, 11) is 1.68. The van der Waals surface area contributed by atoms with Crippen LogP contribution in [0.15, 0.2) is 18.2 Å². The van der Waals surface area contributed by atoms with Crippen molar-refractivity contribution in [1.82, 2.24) is 0 Å². The van der Waals surface area contributed by atoms with Crippen molar-refractivity contribution in [2.75, 3.05) is 19.0 Å². The minimum atomic E-state index is 0.0661. The van der Waals surface area contributed by atoms with E-state index in [1.807, 2.05) is 18.2 Å². The molecule has 1 aromatic rings. The largest absolute Gasteiger partial charge is 0.497 e. The number of methoxy groups -OCH3 is 1. The molecule has 0 fully saturated rings. The summed E-state index contributed by atoms with van der Waals surface area (Å²) in [5, 5.41) is 3.31. The highest BCUT2D eigenvalue weighted by Crippen LogP contribution is 2.20. The van der Waals surface area contributed by atoms with Gasteiger partial charge in [-0.3, -0.25) is 0 Å². The van der Waals surface area contributed by atoms with Gasteiger partial charge in [0, 0.05) is 11.1 Å². The summed E-state index contributed by atoms with van der Waals surface area (Å²) in [6.45, 7) is 9.06. The Morgan fingerprint density at radius 3 is 2.53 bits per heavy atom. The number of hydrogen-bond acceptors (Lipinski definition) is 2. The van der Waals surface area contributed by atoms with E-state index >= 15 is 0 Å². The Morgan fingerprint density at radius 1 is 1.29 bits per heavy atom. The molecule has 1 rings (SSSR count).